The van der Waals surface area contributed by atoms with Gasteiger partial charge in [-0.15, -0.1) is 0 Å². The molecule has 1 aliphatic rings. The first-order chi connectivity index (χ1) is 11.4. The summed E-state index contributed by atoms with van der Waals surface area (Å²) >= 11 is 1.89. The van der Waals surface area contributed by atoms with Crippen LogP contribution in [0.2, 0.25) is 0 Å². The normalized spacial score (nSPS) is 12.5. The monoisotopic (exact) mass is 324 g/mol. The van der Waals surface area contributed by atoms with Gasteiger partial charge < -0.3 is 9.47 Å². The van der Waals surface area contributed by atoms with Gasteiger partial charge in [0.15, 0.2) is 11.5 Å². The topological polar surface area (TPSA) is 36.3 Å². The molecule has 0 bridgehead atoms. The van der Waals surface area contributed by atoms with Gasteiger partial charge in [0.1, 0.15) is 0 Å². The molecule has 4 rings (SSSR count). The highest BCUT2D eigenvalue weighted by Crippen LogP contribution is 2.33. The van der Waals surface area contributed by atoms with Crippen molar-refractivity contribution in [3.8, 4) is 17.2 Å². The summed E-state index contributed by atoms with van der Waals surface area (Å²) in [7, 11) is 0. The lowest BCUT2D eigenvalue weighted by molar-refractivity contribution is 0.174. The predicted octanol–water partition coefficient (Wildman–Crippen LogP) is 4.03. The van der Waals surface area contributed by atoms with Crippen LogP contribution in [0, 0.1) is 0 Å². The van der Waals surface area contributed by atoms with Gasteiger partial charge in [-0.3, -0.25) is 0 Å². The van der Waals surface area contributed by atoms with Crippen molar-refractivity contribution in [2.45, 2.75) is 11.5 Å². The van der Waals surface area contributed by atoms with E-state index in [1.165, 1.54) is 11.1 Å². The summed E-state index contributed by atoms with van der Waals surface area (Å²) in [4.78, 5) is 0. The molecule has 0 unspecified atom stereocenters. The Bertz CT molecular complexity index is 785. The molecule has 0 atom stereocenters. The van der Waals surface area contributed by atoms with Crippen LogP contribution in [0.25, 0.3) is 5.69 Å². The van der Waals surface area contributed by atoms with Crippen LogP contribution in [-0.2, 0) is 11.5 Å². The summed E-state index contributed by atoms with van der Waals surface area (Å²) in [5.41, 5.74) is 3.65. The van der Waals surface area contributed by atoms with Crippen LogP contribution in [0.15, 0.2) is 60.9 Å². The van der Waals surface area contributed by atoms with E-state index in [1.54, 1.807) is 6.20 Å². The zero-order valence-electron chi connectivity index (χ0n) is 12.5. The van der Waals surface area contributed by atoms with Crippen molar-refractivity contribution < 1.29 is 9.47 Å². The van der Waals surface area contributed by atoms with Crippen LogP contribution >= 0.6 is 11.8 Å². The van der Waals surface area contributed by atoms with Crippen molar-refractivity contribution in [1.29, 1.82) is 0 Å². The van der Waals surface area contributed by atoms with E-state index in [2.05, 4.69) is 41.5 Å². The van der Waals surface area contributed by atoms with Gasteiger partial charge in [-0.1, -0.05) is 18.2 Å². The van der Waals surface area contributed by atoms with Crippen LogP contribution in [-0.4, -0.2) is 16.6 Å². The number of ether oxygens (including phenoxy) is 2. The third-order valence-electron chi connectivity index (χ3n) is 3.68. The molecule has 2 aromatic carbocycles. The standard InChI is InChI=1S/C18H16N2O2S/c1-8-19-20(9-1)16-5-2-14(3-6-16)11-23-12-15-4-7-17-18(10-15)22-13-21-17/h1-10H,11-13H2. The second-order valence-electron chi connectivity index (χ2n) is 5.30. The summed E-state index contributed by atoms with van der Waals surface area (Å²) in [6.45, 7) is 0.328. The molecule has 0 saturated carbocycles. The number of hydrogen-bond acceptors (Lipinski definition) is 4. The highest BCUT2D eigenvalue weighted by atomic mass is 32.2. The Morgan fingerprint density at radius 2 is 1.74 bits per heavy atom. The van der Waals surface area contributed by atoms with Crippen LogP contribution in [0.3, 0.4) is 0 Å². The maximum atomic E-state index is 5.41. The lowest BCUT2D eigenvalue weighted by Crippen LogP contribution is -1.94. The van der Waals surface area contributed by atoms with Crippen LogP contribution < -0.4 is 9.47 Å². The Morgan fingerprint density at radius 3 is 2.57 bits per heavy atom. The smallest absolute Gasteiger partial charge is 0.231 e. The van der Waals surface area contributed by atoms with E-state index in [1.807, 2.05) is 34.8 Å². The molecule has 2 heterocycles. The molecule has 5 heteroatoms. The van der Waals surface area contributed by atoms with Crippen LogP contribution in [0.1, 0.15) is 11.1 Å². The molecule has 23 heavy (non-hydrogen) atoms. The van der Waals surface area contributed by atoms with Gasteiger partial charge in [0.05, 0.1) is 5.69 Å². The first-order valence-electron chi connectivity index (χ1n) is 7.44. The Labute approximate surface area is 139 Å². The molecule has 1 aromatic heterocycles. The highest BCUT2D eigenvalue weighted by molar-refractivity contribution is 7.97. The minimum absolute atomic E-state index is 0.328. The van der Waals surface area contributed by atoms with E-state index in [9.17, 15) is 0 Å². The highest BCUT2D eigenvalue weighted by Gasteiger charge is 2.12. The first kappa shape index (κ1) is 14.2. The zero-order chi connectivity index (χ0) is 15.5. The minimum Gasteiger partial charge on any atom is -0.454 e. The summed E-state index contributed by atoms with van der Waals surface area (Å²) in [6, 6.07) is 16.6. The van der Waals surface area contributed by atoms with Gasteiger partial charge in [0, 0.05) is 23.9 Å². The molecular weight excluding hydrogens is 308 g/mol. The average Bonchev–Trinajstić information content (AvgIpc) is 3.27. The van der Waals surface area contributed by atoms with E-state index in [0.29, 0.717) is 6.79 Å². The minimum atomic E-state index is 0.328. The third-order valence-corrected chi connectivity index (χ3v) is 4.75. The fourth-order valence-electron chi connectivity index (χ4n) is 2.48. The number of rotatable bonds is 5. The van der Waals surface area contributed by atoms with Crippen LogP contribution in [0.4, 0.5) is 0 Å². The molecule has 0 spiro atoms. The van der Waals surface area contributed by atoms with E-state index >= 15 is 0 Å². The Morgan fingerprint density at radius 1 is 0.957 bits per heavy atom. The number of benzene rings is 2. The Kier molecular flexibility index (Phi) is 3.94. The second-order valence-corrected chi connectivity index (χ2v) is 6.28. The van der Waals surface area contributed by atoms with E-state index in [0.717, 1.165) is 28.7 Å². The van der Waals surface area contributed by atoms with Gasteiger partial charge in [-0.2, -0.15) is 16.9 Å². The largest absolute Gasteiger partial charge is 0.454 e. The van der Waals surface area contributed by atoms with Crippen molar-refractivity contribution in [1.82, 2.24) is 9.78 Å². The molecular formula is C18H16N2O2S. The number of thioether (sulfide) groups is 1. The third kappa shape index (κ3) is 3.19. The number of fused-ring (bicyclic) bond motifs is 1. The van der Waals surface area contributed by atoms with Gasteiger partial charge in [-0.05, 0) is 41.5 Å². The van der Waals surface area contributed by atoms with Crippen molar-refractivity contribution in [3.63, 3.8) is 0 Å². The molecule has 0 fully saturated rings. The number of aromatic nitrogens is 2. The summed E-state index contributed by atoms with van der Waals surface area (Å²) < 4.78 is 12.6. The lowest BCUT2D eigenvalue weighted by Gasteiger charge is -2.05. The number of nitrogens with zero attached hydrogens (tertiary/aromatic N) is 2. The van der Waals surface area contributed by atoms with Crippen molar-refractivity contribution in [3.05, 3.63) is 72.1 Å². The quantitative estimate of drug-likeness (QED) is 0.710. The van der Waals surface area contributed by atoms with E-state index < -0.39 is 0 Å². The molecule has 0 saturated heterocycles. The maximum Gasteiger partial charge on any atom is 0.231 e. The Hall–Kier alpha value is -2.40. The predicted molar refractivity (Wildman–Crippen MR) is 91.1 cm³/mol. The zero-order valence-corrected chi connectivity index (χ0v) is 13.3. The first-order valence-corrected chi connectivity index (χ1v) is 8.59. The summed E-state index contributed by atoms with van der Waals surface area (Å²) in [5.74, 6) is 3.63. The van der Waals surface area contributed by atoms with E-state index in [4.69, 9.17) is 9.47 Å². The molecule has 0 radical (unpaired) electrons. The molecule has 116 valence electrons. The van der Waals surface area contributed by atoms with Crippen molar-refractivity contribution >= 4 is 11.8 Å². The molecule has 1 aliphatic heterocycles. The Balaban J connectivity index is 1.34. The fraction of sp³-hybridized carbons (Fsp3) is 0.167. The van der Waals surface area contributed by atoms with Gasteiger partial charge in [0.25, 0.3) is 0 Å². The van der Waals surface area contributed by atoms with Crippen LogP contribution in [0.5, 0.6) is 11.5 Å². The SMILES string of the molecule is c1cnn(-c2ccc(CSCc3ccc4c(c3)OCO4)cc2)c1. The van der Waals surface area contributed by atoms with E-state index in [-0.39, 0.29) is 0 Å². The molecule has 0 aliphatic carbocycles. The van der Waals surface area contributed by atoms with Gasteiger partial charge >= 0.3 is 0 Å². The molecule has 4 nitrogen and oxygen atoms in total. The lowest BCUT2D eigenvalue weighted by atomic mass is 10.2. The van der Waals surface area contributed by atoms with Crippen molar-refractivity contribution in [2.24, 2.45) is 0 Å². The molecule has 0 amide bonds. The van der Waals surface area contributed by atoms with Crippen molar-refractivity contribution in [2.75, 3.05) is 6.79 Å². The maximum absolute atomic E-state index is 5.41. The molecule has 3 aromatic rings. The summed E-state index contributed by atoms with van der Waals surface area (Å²) in [5, 5.41) is 4.24. The van der Waals surface area contributed by atoms with Gasteiger partial charge in [-0.25, -0.2) is 4.68 Å². The summed E-state index contributed by atoms with van der Waals surface area (Å²) in [6.07, 6.45) is 3.73. The molecule has 0 N–H and O–H groups in total. The van der Waals surface area contributed by atoms with Gasteiger partial charge in [0.2, 0.25) is 6.79 Å². The fourth-order valence-corrected chi connectivity index (χ4v) is 3.43. The number of hydrogen-bond donors (Lipinski definition) is 0. The second kappa shape index (κ2) is 6.38. The average molecular weight is 324 g/mol.